The second kappa shape index (κ2) is 11.5. The molecule has 41 heavy (non-hydrogen) atoms. The Balaban J connectivity index is 1.40. The van der Waals surface area contributed by atoms with E-state index in [0.29, 0.717) is 17.5 Å². The smallest absolute Gasteiger partial charge is 0.408 e. The summed E-state index contributed by atoms with van der Waals surface area (Å²) in [6.07, 6.45) is -1.45. The number of imidazole rings is 1. The normalized spacial score (nSPS) is 19.4. The van der Waals surface area contributed by atoms with Gasteiger partial charge < -0.3 is 25.9 Å². The Kier molecular flexibility index (Phi) is 8.03. The molecule has 0 spiro atoms. The van der Waals surface area contributed by atoms with Crippen molar-refractivity contribution < 1.29 is 23.1 Å². The first-order valence-electron chi connectivity index (χ1n) is 13.6. The number of aromatic amines is 1. The zero-order valence-corrected chi connectivity index (χ0v) is 23.8. The highest BCUT2D eigenvalue weighted by Crippen LogP contribution is 2.54. The van der Waals surface area contributed by atoms with Crippen molar-refractivity contribution in [3.8, 4) is 0 Å². The van der Waals surface area contributed by atoms with Crippen molar-refractivity contribution in [2.75, 3.05) is 18.8 Å². The quantitative estimate of drug-likeness (QED) is 0.210. The maximum atomic E-state index is 13.9. The molecule has 4 aromatic rings. The Labute approximate surface area is 239 Å². The fourth-order valence-electron chi connectivity index (χ4n) is 5.27. The molecule has 1 amide bonds. The number of carbonyl (C=O) groups is 1. The minimum absolute atomic E-state index is 0.0209. The van der Waals surface area contributed by atoms with E-state index < -0.39 is 27.8 Å². The van der Waals surface area contributed by atoms with Gasteiger partial charge in [-0.3, -0.25) is 0 Å². The van der Waals surface area contributed by atoms with Gasteiger partial charge in [-0.05, 0) is 41.7 Å². The van der Waals surface area contributed by atoms with Gasteiger partial charge in [0.2, 0.25) is 10.0 Å². The van der Waals surface area contributed by atoms with Crippen molar-refractivity contribution in [3.63, 3.8) is 0 Å². The second-order valence-electron chi connectivity index (χ2n) is 10.9. The molecule has 10 nitrogen and oxygen atoms in total. The summed E-state index contributed by atoms with van der Waals surface area (Å²) in [4.78, 5) is 20.0. The molecule has 1 aromatic heterocycles. The van der Waals surface area contributed by atoms with E-state index in [1.165, 1.54) is 16.4 Å². The highest BCUT2D eigenvalue weighted by Gasteiger charge is 2.61. The number of H-pyrrole nitrogens is 1. The molecule has 1 heterocycles. The number of aliphatic hydroxyl groups is 1. The first kappa shape index (κ1) is 28.6. The number of carbonyl (C=O) groups excluding carboxylic acids is 1. The molecule has 1 unspecified atom stereocenters. The monoisotopic (exact) mass is 577 g/mol. The van der Waals surface area contributed by atoms with Crippen molar-refractivity contribution in [2.24, 2.45) is 5.92 Å². The van der Waals surface area contributed by atoms with Crippen LogP contribution in [0.25, 0.3) is 11.0 Å². The fourth-order valence-corrected chi connectivity index (χ4v) is 6.91. The molecule has 216 valence electrons. The number of aliphatic hydroxyl groups excluding tert-OH is 1. The molecule has 0 radical (unpaired) electrons. The van der Waals surface area contributed by atoms with E-state index in [9.17, 15) is 18.3 Å². The van der Waals surface area contributed by atoms with Gasteiger partial charge in [0.05, 0.1) is 27.6 Å². The van der Waals surface area contributed by atoms with E-state index in [4.69, 9.17) is 10.5 Å². The van der Waals surface area contributed by atoms with Crippen LogP contribution in [0.15, 0.2) is 83.8 Å². The molecule has 3 aromatic carbocycles. The van der Waals surface area contributed by atoms with Crippen molar-refractivity contribution in [1.29, 1.82) is 0 Å². The molecule has 5 N–H and O–H groups in total. The standard InChI is InChI=1S/C30H35N5O5S/c1-20(2)17-35(41(38,39)23-13-14-25-26(15-23)33-28(31)32-25)18-27(36)30(16-24(30)22-11-7-4-8-12-22)34-29(37)40-19-21-9-5-3-6-10-21/h3-15,20,24,27,36H,16-19H2,1-2H3,(H,34,37)(H3,31,32,33)/t24?,27-,30+/m1/s1. The number of alkyl carbamates (subject to hydrolysis) is 1. The average molecular weight is 578 g/mol. The molecule has 1 aliphatic carbocycles. The van der Waals surface area contributed by atoms with Gasteiger partial charge in [-0.1, -0.05) is 74.5 Å². The second-order valence-corrected chi connectivity index (χ2v) is 12.9. The van der Waals surface area contributed by atoms with E-state index in [1.807, 2.05) is 74.5 Å². The maximum Gasteiger partial charge on any atom is 0.408 e. The molecular formula is C30H35N5O5S. The first-order valence-corrected chi connectivity index (χ1v) is 15.0. The highest BCUT2D eigenvalue weighted by atomic mass is 32.2. The lowest BCUT2D eigenvalue weighted by Crippen LogP contribution is -2.53. The summed E-state index contributed by atoms with van der Waals surface area (Å²) in [5, 5.41) is 14.6. The molecule has 0 bridgehead atoms. The van der Waals surface area contributed by atoms with Crippen LogP contribution in [-0.2, 0) is 21.4 Å². The number of rotatable bonds is 11. The summed E-state index contributed by atoms with van der Waals surface area (Å²) < 4.78 is 34.5. The number of fused-ring (bicyclic) bond motifs is 1. The van der Waals surface area contributed by atoms with E-state index in [2.05, 4.69) is 15.3 Å². The van der Waals surface area contributed by atoms with Crippen molar-refractivity contribution in [2.45, 2.75) is 49.3 Å². The average Bonchev–Trinajstić information content (AvgIpc) is 3.55. The first-order chi connectivity index (χ1) is 19.6. The third-order valence-corrected chi connectivity index (χ3v) is 9.23. The molecule has 0 saturated heterocycles. The van der Waals surface area contributed by atoms with Gasteiger partial charge in [-0.25, -0.2) is 18.2 Å². The number of aromatic nitrogens is 2. The van der Waals surface area contributed by atoms with E-state index >= 15 is 0 Å². The number of ether oxygens (including phenoxy) is 1. The molecular weight excluding hydrogens is 542 g/mol. The third kappa shape index (κ3) is 6.22. The van der Waals surface area contributed by atoms with Gasteiger partial charge in [0.15, 0.2) is 5.95 Å². The number of sulfonamides is 1. The molecule has 5 rings (SSSR count). The van der Waals surface area contributed by atoms with Gasteiger partial charge in [-0.15, -0.1) is 0 Å². The molecule has 0 aliphatic heterocycles. The van der Waals surface area contributed by atoms with Crippen molar-refractivity contribution in [1.82, 2.24) is 19.6 Å². The number of nitrogens with zero attached hydrogens (tertiary/aromatic N) is 2. The summed E-state index contributed by atoms with van der Waals surface area (Å²) in [7, 11) is -4.02. The van der Waals surface area contributed by atoms with Crippen LogP contribution in [-0.4, -0.2) is 58.6 Å². The van der Waals surface area contributed by atoms with Crippen LogP contribution in [0.5, 0.6) is 0 Å². The van der Waals surface area contributed by atoms with Gasteiger partial charge in [0.25, 0.3) is 0 Å². The van der Waals surface area contributed by atoms with Crippen LogP contribution in [0, 0.1) is 5.92 Å². The minimum atomic E-state index is -4.02. The van der Waals surface area contributed by atoms with Crippen LogP contribution >= 0.6 is 0 Å². The zero-order valence-electron chi connectivity index (χ0n) is 23.0. The Bertz CT molecular complexity index is 1610. The number of benzene rings is 3. The number of hydrogen-bond acceptors (Lipinski definition) is 7. The minimum Gasteiger partial charge on any atom is -0.445 e. The van der Waals surface area contributed by atoms with Crippen LogP contribution < -0.4 is 11.1 Å². The van der Waals surface area contributed by atoms with Gasteiger partial charge in [-0.2, -0.15) is 4.31 Å². The number of nitrogens with one attached hydrogen (secondary N) is 2. The third-order valence-electron chi connectivity index (χ3n) is 7.40. The van der Waals surface area contributed by atoms with Gasteiger partial charge in [0.1, 0.15) is 6.61 Å². The topological polar surface area (TPSA) is 151 Å². The number of nitrogens with two attached hydrogens (primary N) is 1. The maximum absolute atomic E-state index is 13.9. The SMILES string of the molecule is CC(C)CN(C[C@@H](O)[C@]1(NC(=O)OCc2ccccc2)CC1c1ccccc1)S(=O)(=O)c1ccc2nc(N)[nH]c2c1. The summed E-state index contributed by atoms with van der Waals surface area (Å²) in [6, 6.07) is 23.4. The number of anilines is 1. The summed E-state index contributed by atoms with van der Waals surface area (Å²) in [5.41, 5.74) is 7.48. The molecule has 1 saturated carbocycles. The molecule has 11 heteroatoms. The predicted octanol–water partition coefficient (Wildman–Crippen LogP) is 4.01. The molecule has 3 atom stereocenters. The molecule has 1 aliphatic rings. The van der Waals surface area contributed by atoms with Gasteiger partial charge >= 0.3 is 6.09 Å². The Morgan fingerprint density at radius 3 is 2.49 bits per heavy atom. The van der Waals surface area contributed by atoms with Crippen LogP contribution in [0.4, 0.5) is 10.7 Å². The van der Waals surface area contributed by atoms with Crippen LogP contribution in [0.2, 0.25) is 0 Å². The van der Waals surface area contributed by atoms with Gasteiger partial charge in [0, 0.05) is 19.0 Å². The predicted molar refractivity (Wildman–Crippen MR) is 156 cm³/mol. The largest absolute Gasteiger partial charge is 0.445 e. The summed E-state index contributed by atoms with van der Waals surface area (Å²) >= 11 is 0. The Hall–Kier alpha value is -3.93. The lowest BCUT2D eigenvalue weighted by molar-refractivity contribution is 0.0764. The summed E-state index contributed by atoms with van der Waals surface area (Å²) in [6.45, 7) is 3.85. The van der Waals surface area contributed by atoms with E-state index in [1.54, 1.807) is 6.07 Å². The lowest BCUT2D eigenvalue weighted by atomic mass is 10.0. The highest BCUT2D eigenvalue weighted by molar-refractivity contribution is 7.89. The Morgan fingerprint density at radius 2 is 1.80 bits per heavy atom. The van der Waals surface area contributed by atoms with Crippen LogP contribution in [0.3, 0.4) is 0 Å². The fraction of sp³-hybridized carbons (Fsp3) is 0.333. The van der Waals surface area contributed by atoms with Crippen LogP contribution in [0.1, 0.15) is 37.3 Å². The van der Waals surface area contributed by atoms with Crippen molar-refractivity contribution in [3.05, 3.63) is 90.0 Å². The molecule has 1 fully saturated rings. The van der Waals surface area contributed by atoms with E-state index in [0.717, 1.165) is 11.1 Å². The lowest BCUT2D eigenvalue weighted by Gasteiger charge is -2.31. The number of nitrogen functional groups attached to an aromatic ring is 1. The number of amides is 1. The number of hydrogen-bond donors (Lipinski definition) is 4. The van der Waals surface area contributed by atoms with Crippen molar-refractivity contribution >= 4 is 33.1 Å². The zero-order chi connectivity index (χ0) is 29.2. The Morgan fingerprint density at radius 1 is 1.12 bits per heavy atom. The van der Waals surface area contributed by atoms with E-state index in [-0.39, 0.29) is 42.4 Å². The summed E-state index contributed by atoms with van der Waals surface area (Å²) in [5.74, 6) is -0.0415.